The molecular formula is C14H21ClN2. The molecule has 3 heteroatoms. The van der Waals surface area contributed by atoms with Gasteiger partial charge in [0.1, 0.15) is 0 Å². The van der Waals surface area contributed by atoms with E-state index in [9.17, 15) is 0 Å². The van der Waals surface area contributed by atoms with Gasteiger partial charge in [-0.1, -0.05) is 17.7 Å². The molecule has 1 atom stereocenters. The average molecular weight is 253 g/mol. The predicted octanol–water partition coefficient (Wildman–Crippen LogP) is 3.47. The van der Waals surface area contributed by atoms with Crippen LogP contribution in [0.15, 0.2) is 18.2 Å². The number of hydrogen-bond donors (Lipinski definition) is 1. The summed E-state index contributed by atoms with van der Waals surface area (Å²) in [7, 11) is 4.10. The van der Waals surface area contributed by atoms with E-state index in [1.54, 1.807) is 0 Å². The van der Waals surface area contributed by atoms with Gasteiger partial charge in [0, 0.05) is 30.3 Å². The Balaban J connectivity index is 2.11. The molecule has 94 valence electrons. The van der Waals surface area contributed by atoms with Gasteiger partial charge in [0.25, 0.3) is 0 Å². The Bertz CT molecular complexity index is 388. The van der Waals surface area contributed by atoms with Crippen LogP contribution in [-0.2, 0) is 0 Å². The van der Waals surface area contributed by atoms with Crippen LogP contribution in [0.25, 0.3) is 0 Å². The third kappa shape index (κ3) is 3.14. The van der Waals surface area contributed by atoms with Gasteiger partial charge in [0.05, 0.1) is 0 Å². The normalized spacial score (nSPS) is 16.9. The van der Waals surface area contributed by atoms with Crippen molar-refractivity contribution >= 4 is 17.3 Å². The van der Waals surface area contributed by atoms with Crippen molar-refractivity contribution in [1.82, 2.24) is 5.32 Å². The molecule has 1 aromatic carbocycles. The van der Waals surface area contributed by atoms with Crippen LogP contribution in [0.5, 0.6) is 0 Å². The standard InChI is InChI=1S/C14H21ClN2/c1-10(16-2)13-7-6-12(8-14(13)15)17(3)9-11-4-5-11/h6-8,10-11,16H,4-5,9H2,1-3H3. The number of benzene rings is 1. The van der Waals surface area contributed by atoms with Crippen LogP contribution in [-0.4, -0.2) is 20.6 Å². The molecule has 0 radical (unpaired) electrons. The summed E-state index contributed by atoms with van der Waals surface area (Å²) in [6.07, 6.45) is 2.76. The first-order chi connectivity index (χ1) is 8.11. The number of halogens is 1. The Kier molecular flexibility index (Phi) is 3.95. The lowest BCUT2D eigenvalue weighted by Gasteiger charge is -2.21. The predicted molar refractivity (Wildman–Crippen MR) is 74.9 cm³/mol. The molecule has 0 spiro atoms. The van der Waals surface area contributed by atoms with Crippen LogP contribution < -0.4 is 10.2 Å². The molecule has 2 rings (SSSR count). The second-order valence-electron chi connectivity index (χ2n) is 5.04. The first kappa shape index (κ1) is 12.7. The summed E-state index contributed by atoms with van der Waals surface area (Å²) in [4.78, 5) is 2.30. The summed E-state index contributed by atoms with van der Waals surface area (Å²) in [6.45, 7) is 3.27. The Labute approximate surface area is 109 Å². The lowest BCUT2D eigenvalue weighted by Crippen LogP contribution is -2.20. The van der Waals surface area contributed by atoms with Gasteiger partial charge in [-0.2, -0.15) is 0 Å². The molecule has 2 nitrogen and oxygen atoms in total. The zero-order chi connectivity index (χ0) is 12.4. The highest BCUT2D eigenvalue weighted by Gasteiger charge is 2.23. The Morgan fingerprint density at radius 1 is 1.47 bits per heavy atom. The molecule has 1 saturated carbocycles. The van der Waals surface area contributed by atoms with Crippen molar-refractivity contribution in [2.24, 2.45) is 5.92 Å². The van der Waals surface area contributed by atoms with Crippen molar-refractivity contribution in [3.8, 4) is 0 Å². The number of nitrogens with zero attached hydrogens (tertiary/aromatic N) is 1. The highest BCUT2D eigenvalue weighted by molar-refractivity contribution is 6.31. The van der Waals surface area contributed by atoms with Crippen LogP contribution in [0, 0.1) is 5.92 Å². The highest BCUT2D eigenvalue weighted by Crippen LogP contribution is 2.32. The average Bonchev–Trinajstić information content (AvgIpc) is 3.11. The molecule has 0 saturated heterocycles. The van der Waals surface area contributed by atoms with E-state index in [-0.39, 0.29) is 0 Å². The summed E-state index contributed by atoms with van der Waals surface area (Å²) in [5.41, 5.74) is 2.38. The van der Waals surface area contributed by atoms with Crippen molar-refractivity contribution in [3.63, 3.8) is 0 Å². The number of rotatable bonds is 5. The van der Waals surface area contributed by atoms with Crippen LogP contribution in [0.1, 0.15) is 31.4 Å². The summed E-state index contributed by atoms with van der Waals surface area (Å²) in [5.74, 6) is 0.898. The molecule has 0 heterocycles. The SMILES string of the molecule is CNC(C)c1ccc(N(C)CC2CC2)cc1Cl. The van der Waals surface area contributed by atoms with Crippen molar-refractivity contribution in [2.75, 3.05) is 25.5 Å². The van der Waals surface area contributed by atoms with Crippen LogP contribution >= 0.6 is 11.6 Å². The van der Waals surface area contributed by atoms with Crippen LogP contribution in [0.3, 0.4) is 0 Å². The maximum Gasteiger partial charge on any atom is 0.0474 e. The summed E-state index contributed by atoms with van der Waals surface area (Å²) in [5, 5.41) is 4.07. The van der Waals surface area contributed by atoms with Crippen molar-refractivity contribution in [3.05, 3.63) is 28.8 Å². The van der Waals surface area contributed by atoms with Crippen LogP contribution in [0.4, 0.5) is 5.69 Å². The maximum absolute atomic E-state index is 6.33. The molecule has 1 aromatic rings. The third-order valence-corrected chi connectivity index (χ3v) is 3.88. The molecule has 0 bridgehead atoms. The van der Waals surface area contributed by atoms with Crippen molar-refractivity contribution in [2.45, 2.75) is 25.8 Å². The molecule has 1 aliphatic rings. The minimum atomic E-state index is 0.297. The molecule has 0 aliphatic heterocycles. The Hall–Kier alpha value is -0.730. The quantitative estimate of drug-likeness (QED) is 0.863. The molecule has 1 N–H and O–H groups in total. The molecule has 1 aliphatic carbocycles. The van der Waals surface area contributed by atoms with Gasteiger partial charge >= 0.3 is 0 Å². The molecule has 1 fully saturated rings. The first-order valence-corrected chi connectivity index (χ1v) is 6.67. The van der Waals surface area contributed by atoms with E-state index in [2.05, 4.69) is 42.4 Å². The molecule has 1 unspecified atom stereocenters. The van der Waals surface area contributed by atoms with Gasteiger partial charge in [-0.15, -0.1) is 0 Å². The molecule has 0 amide bonds. The zero-order valence-corrected chi connectivity index (χ0v) is 11.6. The van der Waals surface area contributed by atoms with Crippen molar-refractivity contribution < 1.29 is 0 Å². The van der Waals surface area contributed by atoms with Gasteiger partial charge in [0.15, 0.2) is 0 Å². The van der Waals surface area contributed by atoms with E-state index < -0.39 is 0 Å². The van der Waals surface area contributed by atoms with E-state index in [4.69, 9.17) is 11.6 Å². The number of hydrogen-bond acceptors (Lipinski definition) is 2. The molecule has 0 aromatic heterocycles. The number of nitrogens with one attached hydrogen (secondary N) is 1. The van der Waals surface area contributed by atoms with E-state index in [0.29, 0.717) is 6.04 Å². The number of anilines is 1. The topological polar surface area (TPSA) is 15.3 Å². The monoisotopic (exact) mass is 252 g/mol. The third-order valence-electron chi connectivity index (χ3n) is 3.55. The fourth-order valence-corrected chi connectivity index (χ4v) is 2.39. The van der Waals surface area contributed by atoms with Gasteiger partial charge in [-0.3, -0.25) is 0 Å². The van der Waals surface area contributed by atoms with Gasteiger partial charge in [-0.05, 0) is 50.4 Å². The van der Waals surface area contributed by atoms with E-state index >= 15 is 0 Å². The van der Waals surface area contributed by atoms with Crippen molar-refractivity contribution in [1.29, 1.82) is 0 Å². The zero-order valence-electron chi connectivity index (χ0n) is 10.8. The summed E-state index contributed by atoms with van der Waals surface area (Å²) >= 11 is 6.33. The van der Waals surface area contributed by atoms with Gasteiger partial charge < -0.3 is 10.2 Å². The highest BCUT2D eigenvalue weighted by atomic mass is 35.5. The Morgan fingerprint density at radius 2 is 2.18 bits per heavy atom. The Morgan fingerprint density at radius 3 is 2.71 bits per heavy atom. The smallest absolute Gasteiger partial charge is 0.0474 e. The summed E-state index contributed by atoms with van der Waals surface area (Å²) in [6, 6.07) is 6.66. The molecule has 17 heavy (non-hydrogen) atoms. The fraction of sp³-hybridized carbons (Fsp3) is 0.571. The second kappa shape index (κ2) is 5.28. The fourth-order valence-electron chi connectivity index (χ4n) is 2.05. The first-order valence-electron chi connectivity index (χ1n) is 6.29. The van der Waals surface area contributed by atoms with Crippen LogP contribution in [0.2, 0.25) is 5.02 Å². The maximum atomic E-state index is 6.33. The minimum absolute atomic E-state index is 0.297. The van der Waals surface area contributed by atoms with Gasteiger partial charge in [0.2, 0.25) is 0 Å². The molecular weight excluding hydrogens is 232 g/mol. The lowest BCUT2D eigenvalue weighted by atomic mass is 10.1. The largest absolute Gasteiger partial charge is 0.374 e. The van der Waals surface area contributed by atoms with Gasteiger partial charge in [-0.25, -0.2) is 0 Å². The lowest BCUT2D eigenvalue weighted by molar-refractivity contribution is 0.652. The second-order valence-corrected chi connectivity index (χ2v) is 5.45. The minimum Gasteiger partial charge on any atom is -0.374 e. The van der Waals surface area contributed by atoms with E-state index in [1.165, 1.54) is 18.5 Å². The van der Waals surface area contributed by atoms with E-state index in [0.717, 1.165) is 23.0 Å². The van der Waals surface area contributed by atoms with E-state index in [1.807, 2.05) is 7.05 Å². The summed E-state index contributed by atoms with van der Waals surface area (Å²) < 4.78 is 0.